The van der Waals surface area contributed by atoms with Crippen molar-refractivity contribution in [2.75, 3.05) is 18.1 Å². The van der Waals surface area contributed by atoms with E-state index < -0.39 is 11.6 Å². The number of amides is 4. The van der Waals surface area contributed by atoms with Crippen LogP contribution >= 0.6 is 11.8 Å². The summed E-state index contributed by atoms with van der Waals surface area (Å²) in [5.74, 6) is -0.678. The van der Waals surface area contributed by atoms with Gasteiger partial charge in [-0.15, -0.1) is 11.8 Å². The lowest BCUT2D eigenvalue weighted by atomic mass is 9.88. The summed E-state index contributed by atoms with van der Waals surface area (Å²) in [6.45, 7) is 3.68. The zero-order valence-corrected chi connectivity index (χ0v) is 15.7. The van der Waals surface area contributed by atoms with E-state index in [2.05, 4.69) is 10.6 Å². The van der Waals surface area contributed by atoms with Crippen molar-refractivity contribution >= 4 is 35.3 Å². The zero-order chi connectivity index (χ0) is 18.4. The second-order valence-corrected chi connectivity index (χ2v) is 7.00. The molecule has 1 aliphatic rings. The molecule has 1 saturated heterocycles. The summed E-state index contributed by atoms with van der Waals surface area (Å²) >= 11 is 1.52. The first kappa shape index (κ1) is 19.3. The van der Waals surface area contributed by atoms with Crippen molar-refractivity contribution in [3.8, 4) is 0 Å². The number of rotatable bonds is 8. The highest BCUT2D eigenvalue weighted by Gasteiger charge is 2.50. The van der Waals surface area contributed by atoms with Crippen molar-refractivity contribution in [3.05, 3.63) is 24.3 Å². The summed E-state index contributed by atoms with van der Waals surface area (Å²) in [4.78, 5) is 39.4. The lowest BCUT2D eigenvalue weighted by molar-refractivity contribution is -0.134. The van der Waals surface area contributed by atoms with Gasteiger partial charge in [-0.25, -0.2) is 4.79 Å². The van der Waals surface area contributed by atoms with Gasteiger partial charge in [0, 0.05) is 4.90 Å². The van der Waals surface area contributed by atoms with Crippen LogP contribution in [-0.4, -0.2) is 41.1 Å². The van der Waals surface area contributed by atoms with Crippen LogP contribution in [-0.2, 0) is 9.59 Å². The molecule has 0 aromatic heterocycles. The second kappa shape index (κ2) is 8.38. The summed E-state index contributed by atoms with van der Waals surface area (Å²) in [5.41, 5.74) is -0.182. The number of thioether (sulfide) groups is 1. The van der Waals surface area contributed by atoms with Gasteiger partial charge >= 0.3 is 6.03 Å². The monoisotopic (exact) mass is 363 g/mol. The Bertz CT molecular complexity index is 657. The molecule has 0 bridgehead atoms. The van der Waals surface area contributed by atoms with Crippen LogP contribution in [0.25, 0.3) is 0 Å². The van der Waals surface area contributed by atoms with Crippen LogP contribution < -0.4 is 10.6 Å². The highest BCUT2D eigenvalue weighted by molar-refractivity contribution is 7.98. The number of para-hydroxylation sites is 1. The molecule has 0 saturated carbocycles. The van der Waals surface area contributed by atoms with Crippen molar-refractivity contribution in [2.45, 2.75) is 50.0 Å². The number of urea groups is 1. The third-order valence-electron chi connectivity index (χ3n) is 4.28. The quantitative estimate of drug-likeness (QED) is 0.549. The molecule has 25 heavy (non-hydrogen) atoms. The Kier molecular flexibility index (Phi) is 6.47. The predicted octanol–water partition coefficient (Wildman–Crippen LogP) is 3.24. The Morgan fingerprint density at radius 3 is 2.44 bits per heavy atom. The molecular formula is C18H25N3O3S. The van der Waals surface area contributed by atoms with Crippen LogP contribution in [0.3, 0.4) is 0 Å². The minimum atomic E-state index is -0.863. The van der Waals surface area contributed by atoms with Gasteiger partial charge in [-0.2, -0.15) is 0 Å². The first-order valence-electron chi connectivity index (χ1n) is 8.54. The molecular weight excluding hydrogens is 338 g/mol. The Morgan fingerprint density at radius 2 is 1.84 bits per heavy atom. The van der Waals surface area contributed by atoms with Gasteiger partial charge in [-0.3, -0.25) is 14.5 Å². The number of carbonyl (C=O) groups excluding carboxylic acids is 3. The molecule has 2 rings (SSSR count). The molecule has 1 aromatic carbocycles. The Labute approximate surface area is 152 Å². The third kappa shape index (κ3) is 4.15. The van der Waals surface area contributed by atoms with E-state index in [1.54, 1.807) is 6.07 Å². The molecule has 7 heteroatoms. The van der Waals surface area contributed by atoms with E-state index in [-0.39, 0.29) is 18.4 Å². The summed E-state index contributed by atoms with van der Waals surface area (Å²) < 4.78 is 0. The minimum absolute atomic E-state index is 0.275. The number of hydrogen-bond acceptors (Lipinski definition) is 4. The number of carbonyl (C=O) groups is 3. The topological polar surface area (TPSA) is 78.5 Å². The molecule has 1 heterocycles. The number of nitrogens with zero attached hydrogens (tertiary/aromatic N) is 1. The Hall–Kier alpha value is -2.02. The van der Waals surface area contributed by atoms with Gasteiger partial charge in [0.25, 0.3) is 5.91 Å². The zero-order valence-electron chi connectivity index (χ0n) is 14.9. The fraction of sp³-hybridized carbons (Fsp3) is 0.500. The van der Waals surface area contributed by atoms with E-state index in [1.807, 2.05) is 38.3 Å². The average molecular weight is 363 g/mol. The van der Waals surface area contributed by atoms with Gasteiger partial charge in [0.1, 0.15) is 12.1 Å². The highest BCUT2D eigenvalue weighted by atomic mass is 32.2. The first-order chi connectivity index (χ1) is 12.0. The number of anilines is 1. The lowest BCUT2D eigenvalue weighted by Crippen LogP contribution is -2.47. The van der Waals surface area contributed by atoms with Gasteiger partial charge < -0.3 is 10.6 Å². The number of hydrogen-bond donors (Lipinski definition) is 2. The van der Waals surface area contributed by atoms with Crippen molar-refractivity contribution in [1.82, 2.24) is 10.2 Å². The summed E-state index contributed by atoms with van der Waals surface area (Å²) in [7, 11) is 0. The van der Waals surface area contributed by atoms with E-state index in [9.17, 15) is 14.4 Å². The maximum Gasteiger partial charge on any atom is 0.325 e. The molecule has 0 aliphatic carbocycles. The molecule has 0 atom stereocenters. The van der Waals surface area contributed by atoms with Crippen LogP contribution in [0.1, 0.15) is 39.5 Å². The Balaban J connectivity index is 2.10. The fourth-order valence-corrected chi connectivity index (χ4v) is 3.77. The second-order valence-electron chi connectivity index (χ2n) is 6.15. The van der Waals surface area contributed by atoms with Crippen LogP contribution in [0.4, 0.5) is 10.5 Å². The van der Waals surface area contributed by atoms with Gasteiger partial charge in [0.2, 0.25) is 5.91 Å². The standard InChI is InChI=1S/C18H25N3O3S/c1-4-10-18(11-5-2)16(23)21(17(24)20-18)12-15(22)19-13-8-6-7-9-14(13)25-3/h6-9H,4-5,10-12H2,1-3H3,(H,19,22)(H,20,24). The van der Waals surface area contributed by atoms with Crippen LogP contribution in [0.5, 0.6) is 0 Å². The molecule has 4 amide bonds. The van der Waals surface area contributed by atoms with E-state index in [0.717, 1.165) is 22.6 Å². The molecule has 1 fully saturated rings. The summed E-state index contributed by atoms with van der Waals surface area (Å²) in [5, 5.41) is 5.60. The molecule has 1 aliphatic heterocycles. The van der Waals surface area contributed by atoms with Crippen molar-refractivity contribution in [2.24, 2.45) is 0 Å². The van der Waals surface area contributed by atoms with Crippen LogP contribution in [0.2, 0.25) is 0 Å². The van der Waals surface area contributed by atoms with Crippen molar-refractivity contribution < 1.29 is 14.4 Å². The largest absolute Gasteiger partial charge is 0.325 e. The maximum absolute atomic E-state index is 12.8. The van der Waals surface area contributed by atoms with Gasteiger partial charge in [0.15, 0.2) is 0 Å². The highest BCUT2D eigenvalue weighted by Crippen LogP contribution is 2.28. The summed E-state index contributed by atoms with van der Waals surface area (Å²) in [6, 6.07) is 6.94. The Morgan fingerprint density at radius 1 is 1.20 bits per heavy atom. The van der Waals surface area contributed by atoms with Gasteiger partial charge in [-0.05, 0) is 31.2 Å². The predicted molar refractivity (Wildman–Crippen MR) is 99.6 cm³/mol. The van der Waals surface area contributed by atoms with Gasteiger partial charge in [-0.1, -0.05) is 38.8 Å². The van der Waals surface area contributed by atoms with E-state index in [0.29, 0.717) is 18.5 Å². The lowest BCUT2D eigenvalue weighted by Gasteiger charge is -2.25. The first-order valence-corrected chi connectivity index (χ1v) is 9.77. The van der Waals surface area contributed by atoms with Crippen molar-refractivity contribution in [3.63, 3.8) is 0 Å². The molecule has 1 aromatic rings. The average Bonchev–Trinajstić information content (AvgIpc) is 2.80. The number of benzene rings is 1. The normalized spacial score (nSPS) is 16.0. The molecule has 0 unspecified atom stereocenters. The van der Waals surface area contributed by atoms with E-state index >= 15 is 0 Å². The number of nitrogens with one attached hydrogen (secondary N) is 2. The van der Waals surface area contributed by atoms with E-state index in [1.165, 1.54) is 11.8 Å². The fourth-order valence-electron chi connectivity index (χ4n) is 3.22. The van der Waals surface area contributed by atoms with E-state index in [4.69, 9.17) is 0 Å². The summed E-state index contributed by atoms with van der Waals surface area (Å²) in [6.07, 6.45) is 4.66. The van der Waals surface area contributed by atoms with Crippen LogP contribution in [0.15, 0.2) is 29.2 Å². The maximum atomic E-state index is 12.8. The SMILES string of the molecule is CCCC1(CCC)NC(=O)N(CC(=O)Nc2ccccc2SC)C1=O. The molecule has 0 radical (unpaired) electrons. The molecule has 6 nitrogen and oxygen atoms in total. The number of imide groups is 1. The smallest absolute Gasteiger partial charge is 0.324 e. The minimum Gasteiger partial charge on any atom is -0.324 e. The molecule has 136 valence electrons. The van der Waals surface area contributed by atoms with Crippen molar-refractivity contribution in [1.29, 1.82) is 0 Å². The third-order valence-corrected chi connectivity index (χ3v) is 5.08. The van der Waals surface area contributed by atoms with Crippen LogP contribution in [0, 0.1) is 0 Å². The molecule has 2 N–H and O–H groups in total. The van der Waals surface area contributed by atoms with Gasteiger partial charge in [0.05, 0.1) is 5.69 Å². The molecule has 0 spiro atoms.